The molecule has 8 nitrogen and oxygen atoms in total. The second-order valence-electron chi connectivity index (χ2n) is 3.22. The normalized spacial score (nSPS) is 9.39. The van der Waals surface area contributed by atoms with Crippen LogP contribution in [0.2, 0.25) is 0 Å². The van der Waals surface area contributed by atoms with E-state index in [2.05, 4.69) is 47.4 Å². The number of aryl methyl sites for hydroxylation is 1. The molecule has 1 aromatic rings. The van der Waals surface area contributed by atoms with E-state index in [4.69, 9.17) is 29.4 Å². The first kappa shape index (κ1) is 30.9. The summed E-state index contributed by atoms with van der Waals surface area (Å²) in [6.45, 7) is 2.35. The molecule has 0 atom stereocenters. The maximum absolute atomic E-state index is 12.0. The van der Waals surface area contributed by atoms with Gasteiger partial charge in [0.05, 0.1) is 0 Å². The quantitative estimate of drug-likeness (QED) is 0.274. The third-order valence-electron chi connectivity index (χ3n) is 0.770. The van der Waals surface area contributed by atoms with Gasteiger partial charge in [0, 0.05) is 11.8 Å². The maximum atomic E-state index is 12.0. The minimum atomic E-state index is -3.81. The van der Waals surface area contributed by atoms with Crippen molar-refractivity contribution in [2.75, 3.05) is 0 Å². The summed E-state index contributed by atoms with van der Waals surface area (Å²) in [7, 11) is 0. The van der Waals surface area contributed by atoms with Gasteiger partial charge in [-0.3, -0.25) is 0 Å². The number of hydrogen-bond acceptors (Lipinski definition) is 4. The van der Waals surface area contributed by atoms with Crippen molar-refractivity contribution in [2.24, 2.45) is 0 Å². The van der Waals surface area contributed by atoms with Crippen LogP contribution in [0.15, 0.2) is 12.4 Å². The van der Waals surface area contributed by atoms with Crippen molar-refractivity contribution in [3.05, 3.63) is 24.0 Å². The average Bonchev–Trinajstić information content (AvgIpc) is 2.27. The predicted octanol–water partition coefficient (Wildman–Crippen LogP) is 1.74. The first-order valence-electron chi connectivity index (χ1n) is 6.21. The van der Waals surface area contributed by atoms with Crippen LogP contribution < -0.4 is 0 Å². The molecule has 0 saturated heterocycles. The Kier molecular flexibility index (Phi) is 24.7. The molecular formula is C10H25FN2O6P2S2. The van der Waals surface area contributed by atoms with Crippen molar-refractivity contribution in [3.8, 4) is 0 Å². The van der Waals surface area contributed by atoms with E-state index in [9.17, 15) is 4.39 Å². The van der Waals surface area contributed by atoms with Gasteiger partial charge in [0.1, 0.15) is 6.33 Å². The maximum Gasteiger partial charge on any atom is 0.319 e. The fourth-order valence-electron chi connectivity index (χ4n) is 0.422. The fraction of sp³-hybridized carbons (Fsp3) is 0.600. The Labute approximate surface area is 146 Å². The lowest BCUT2D eigenvalue weighted by atomic mass is 10.5. The van der Waals surface area contributed by atoms with Gasteiger partial charge in [-0.1, -0.05) is 34.1 Å². The molecule has 0 saturated carbocycles. The molecule has 0 radical (unpaired) electrons. The summed E-state index contributed by atoms with van der Waals surface area (Å²) in [4.78, 5) is 52.3. The van der Waals surface area contributed by atoms with Crippen LogP contribution in [0.5, 0.6) is 0 Å². The molecule has 0 fully saturated rings. The Bertz CT molecular complexity index is 419. The molecule has 0 aliphatic rings. The number of aromatic nitrogens is 2. The summed E-state index contributed by atoms with van der Waals surface area (Å²) in [5.41, 5.74) is 0.650. The first-order valence-corrected chi connectivity index (χ1v) is 11.5. The lowest BCUT2D eigenvalue weighted by Gasteiger charge is -1.88. The molecule has 0 unspecified atom stereocenters. The van der Waals surface area contributed by atoms with Gasteiger partial charge in [0.2, 0.25) is 5.95 Å². The summed E-state index contributed by atoms with van der Waals surface area (Å²) in [6.07, 6.45) is 2.45. The molecule has 0 aliphatic carbocycles. The van der Waals surface area contributed by atoms with Crippen LogP contribution in [-0.4, -0.2) is 39.3 Å². The van der Waals surface area contributed by atoms with Gasteiger partial charge in [-0.2, -0.15) is 4.39 Å². The summed E-state index contributed by atoms with van der Waals surface area (Å²) in [6, 6.07) is 1.28. The number of halogens is 1. The number of nitrogens with zero attached hydrogens (tertiary/aromatic N) is 2. The zero-order valence-electron chi connectivity index (χ0n) is 13.5. The number of hydrogen-bond donors (Lipinski definition) is 6. The lowest BCUT2D eigenvalue weighted by Crippen LogP contribution is -1.85. The van der Waals surface area contributed by atoms with E-state index in [1.165, 1.54) is 18.8 Å². The first-order chi connectivity index (χ1) is 10.2. The van der Waals surface area contributed by atoms with Crippen LogP contribution in [0.1, 0.15) is 39.8 Å². The number of rotatable bonds is 0. The Balaban J connectivity index is -0.000000107. The van der Waals surface area contributed by atoms with E-state index in [1.54, 1.807) is 6.92 Å². The van der Waals surface area contributed by atoms with Gasteiger partial charge in [-0.15, -0.1) is 0 Å². The van der Waals surface area contributed by atoms with Crippen molar-refractivity contribution < 1.29 is 33.8 Å². The van der Waals surface area contributed by atoms with Gasteiger partial charge >= 0.3 is 13.4 Å². The standard InChI is InChI=1S/C5H5FN2.C3H8.C2H6.2H3O3PS/c1-4-2-5(6)8-3-7-4;1-3-2;1-2;2*1-4(2,3)5/h2-3H,1H3;3H2,1-2H3;1-2H3;2*(H3,1,2,3,5). The van der Waals surface area contributed by atoms with Crippen molar-refractivity contribution in [3.63, 3.8) is 0 Å². The van der Waals surface area contributed by atoms with Gasteiger partial charge in [-0.05, 0) is 30.5 Å². The van der Waals surface area contributed by atoms with Crippen LogP contribution in [-0.2, 0) is 23.6 Å². The Morgan fingerprint density at radius 3 is 1.35 bits per heavy atom. The summed E-state index contributed by atoms with van der Waals surface area (Å²) in [5, 5.41) is 0. The lowest BCUT2D eigenvalue weighted by molar-refractivity contribution is 0.361. The molecular weight excluding hydrogens is 389 g/mol. The smallest absolute Gasteiger partial charge is 0.319 e. The minimum Gasteiger partial charge on any atom is -0.325 e. The molecule has 1 aromatic heterocycles. The zero-order chi connectivity index (χ0) is 19.7. The van der Waals surface area contributed by atoms with Crippen LogP contribution >= 0.6 is 13.4 Å². The van der Waals surface area contributed by atoms with Crippen molar-refractivity contribution in [1.82, 2.24) is 9.97 Å². The molecule has 0 spiro atoms. The third-order valence-corrected chi connectivity index (χ3v) is 0.770. The van der Waals surface area contributed by atoms with Gasteiger partial charge in [-0.25, -0.2) is 9.97 Å². The summed E-state index contributed by atoms with van der Waals surface area (Å²) < 4.78 is 12.0. The van der Waals surface area contributed by atoms with Crippen LogP contribution in [0.25, 0.3) is 0 Å². The highest BCUT2D eigenvalue weighted by molar-refractivity contribution is 8.06. The van der Waals surface area contributed by atoms with Crippen molar-refractivity contribution in [1.29, 1.82) is 0 Å². The molecule has 0 aromatic carbocycles. The molecule has 13 heteroatoms. The van der Waals surface area contributed by atoms with E-state index in [0.29, 0.717) is 5.69 Å². The molecule has 140 valence electrons. The van der Waals surface area contributed by atoms with Crippen LogP contribution in [0, 0.1) is 12.9 Å². The van der Waals surface area contributed by atoms with Gasteiger partial charge in [0.25, 0.3) is 0 Å². The Morgan fingerprint density at radius 2 is 1.22 bits per heavy atom. The third kappa shape index (κ3) is 87.7. The van der Waals surface area contributed by atoms with E-state index >= 15 is 0 Å². The SMILES string of the molecule is CC.CCC.Cc1cc(F)ncn1.OP(O)(O)=S.OP(O)(O)=S. The highest BCUT2D eigenvalue weighted by atomic mass is 32.5. The van der Waals surface area contributed by atoms with Crippen LogP contribution in [0.3, 0.4) is 0 Å². The second kappa shape index (κ2) is 18.4. The molecule has 0 amide bonds. The monoisotopic (exact) mass is 414 g/mol. The molecule has 0 bridgehead atoms. The van der Waals surface area contributed by atoms with Crippen LogP contribution in [0.4, 0.5) is 4.39 Å². The largest absolute Gasteiger partial charge is 0.325 e. The molecule has 1 rings (SSSR count). The summed E-state index contributed by atoms with van der Waals surface area (Å²) >= 11 is 7.21. The van der Waals surface area contributed by atoms with E-state index in [-0.39, 0.29) is 0 Å². The molecule has 0 aliphatic heterocycles. The van der Waals surface area contributed by atoms with E-state index < -0.39 is 19.4 Å². The minimum absolute atomic E-state index is 0.475. The Hall–Kier alpha value is 0.0700. The van der Waals surface area contributed by atoms with Gasteiger partial charge < -0.3 is 29.4 Å². The molecule has 6 N–H and O–H groups in total. The van der Waals surface area contributed by atoms with Gasteiger partial charge in [0.15, 0.2) is 0 Å². The summed E-state index contributed by atoms with van der Waals surface area (Å²) in [5.74, 6) is -0.475. The van der Waals surface area contributed by atoms with Crippen molar-refractivity contribution >= 4 is 37.1 Å². The fourth-order valence-corrected chi connectivity index (χ4v) is 0.422. The second-order valence-corrected chi connectivity index (χ2v) is 8.21. The molecule has 23 heavy (non-hydrogen) atoms. The highest BCUT2D eigenvalue weighted by Crippen LogP contribution is 2.26. The predicted molar refractivity (Wildman–Crippen MR) is 95.9 cm³/mol. The zero-order valence-corrected chi connectivity index (χ0v) is 17.0. The topological polar surface area (TPSA) is 147 Å². The Morgan fingerprint density at radius 1 is 0.957 bits per heavy atom. The van der Waals surface area contributed by atoms with Crippen molar-refractivity contribution in [2.45, 2.75) is 41.0 Å². The average molecular weight is 414 g/mol. The van der Waals surface area contributed by atoms with E-state index in [1.807, 2.05) is 13.8 Å². The van der Waals surface area contributed by atoms with E-state index in [0.717, 1.165) is 0 Å². The highest BCUT2D eigenvalue weighted by Gasteiger charge is 1.92. The molecule has 1 heterocycles.